The Kier molecular flexibility index (Phi) is 6.71. The number of amides is 1. The van der Waals surface area contributed by atoms with Gasteiger partial charge in [0.15, 0.2) is 5.82 Å². The van der Waals surface area contributed by atoms with Crippen LogP contribution in [-0.4, -0.2) is 46.6 Å². The van der Waals surface area contributed by atoms with Crippen molar-refractivity contribution in [1.29, 1.82) is 0 Å². The van der Waals surface area contributed by atoms with Crippen LogP contribution in [0.25, 0.3) is 10.7 Å². The van der Waals surface area contributed by atoms with Gasteiger partial charge in [0, 0.05) is 19.8 Å². The molecular weight excluding hydrogens is 308 g/mol. The number of carbonyl (C=O) groups excluding carboxylic acids is 1. The van der Waals surface area contributed by atoms with Crippen LogP contribution >= 0.6 is 23.1 Å². The van der Waals surface area contributed by atoms with E-state index in [4.69, 9.17) is 4.74 Å². The van der Waals surface area contributed by atoms with E-state index in [1.807, 2.05) is 24.4 Å². The van der Waals surface area contributed by atoms with Gasteiger partial charge in [-0.15, -0.1) is 16.4 Å². The zero-order chi connectivity index (χ0) is 14.9. The summed E-state index contributed by atoms with van der Waals surface area (Å²) >= 11 is 2.92. The van der Waals surface area contributed by atoms with Crippen LogP contribution in [-0.2, 0) is 9.53 Å². The number of nitrogens with zero attached hydrogens (tertiary/aromatic N) is 2. The Hall–Kier alpha value is -1.38. The molecule has 2 heterocycles. The van der Waals surface area contributed by atoms with E-state index < -0.39 is 0 Å². The van der Waals surface area contributed by atoms with E-state index in [1.165, 1.54) is 11.8 Å². The average molecular weight is 326 g/mol. The molecule has 2 aromatic heterocycles. The maximum absolute atomic E-state index is 11.6. The predicted molar refractivity (Wildman–Crippen MR) is 84.5 cm³/mol. The largest absolute Gasteiger partial charge is 0.382 e. The minimum absolute atomic E-state index is 0.0148. The van der Waals surface area contributed by atoms with E-state index in [9.17, 15) is 4.79 Å². The Bertz CT molecular complexity index is 542. The monoisotopic (exact) mass is 326 g/mol. The van der Waals surface area contributed by atoms with Gasteiger partial charge in [0.05, 0.1) is 10.6 Å². The quantitative estimate of drug-likeness (QED) is 0.545. The third-order valence-electron chi connectivity index (χ3n) is 2.54. The lowest BCUT2D eigenvalue weighted by atomic mass is 10.4. The molecule has 0 aliphatic rings. The fourth-order valence-electron chi connectivity index (χ4n) is 1.56. The van der Waals surface area contributed by atoms with Gasteiger partial charge in [0.25, 0.3) is 0 Å². The van der Waals surface area contributed by atoms with Crippen LogP contribution in [0.15, 0.2) is 22.7 Å². The average Bonchev–Trinajstić information content (AvgIpc) is 3.15. The molecule has 0 spiro atoms. The van der Waals surface area contributed by atoms with E-state index in [-0.39, 0.29) is 5.91 Å². The van der Waals surface area contributed by atoms with Gasteiger partial charge in [-0.2, -0.15) is 0 Å². The lowest BCUT2D eigenvalue weighted by molar-refractivity contribution is -0.118. The van der Waals surface area contributed by atoms with Gasteiger partial charge in [-0.05, 0) is 24.8 Å². The first-order chi connectivity index (χ1) is 10.3. The highest BCUT2D eigenvalue weighted by atomic mass is 32.2. The van der Waals surface area contributed by atoms with E-state index in [2.05, 4.69) is 20.5 Å². The summed E-state index contributed by atoms with van der Waals surface area (Å²) in [6.45, 7) is 3.97. The highest BCUT2D eigenvalue weighted by molar-refractivity contribution is 7.99. The lowest BCUT2D eigenvalue weighted by Gasteiger charge is -2.03. The molecule has 0 unspecified atom stereocenters. The summed E-state index contributed by atoms with van der Waals surface area (Å²) in [6.07, 6.45) is 0.827. The number of nitrogens with one attached hydrogen (secondary N) is 2. The van der Waals surface area contributed by atoms with Crippen LogP contribution in [0.3, 0.4) is 0 Å². The number of carbonyl (C=O) groups is 1. The van der Waals surface area contributed by atoms with Crippen LogP contribution in [0.1, 0.15) is 13.3 Å². The number of hydrogen-bond acceptors (Lipinski definition) is 6. The molecule has 8 heteroatoms. The molecule has 2 aromatic rings. The first-order valence-electron chi connectivity index (χ1n) is 6.73. The van der Waals surface area contributed by atoms with E-state index in [1.54, 1.807) is 11.3 Å². The number of thiophene rings is 1. The Labute approximate surface area is 131 Å². The second-order valence-electron chi connectivity index (χ2n) is 4.13. The molecule has 0 aliphatic heterocycles. The molecule has 21 heavy (non-hydrogen) atoms. The van der Waals surface area contributed by atoms with Crippen molar-refractivity contribution in [2.45, 2.75) is 18.5 Å². The van der Waals surface area contributed by atoms with Gasteiger partial charge in [-0.25, -0.2) is 4.98 Å². The molecule has 0 saturated carbocycles. The smallest absolute Gasteiger partial charge is 0.230 e. The molecule has 2 N–H and O–H groups in total. The first kappa shape index (κ1) is 16.0. The fraction of sp³-hybridized carbons (Fsp3) is 0.462. The van der Waals surface area contributed by atoms with Gasteiger partial charge in [0.1, 0.15) is 0 Å². The molecule has 0 bridgehead atoms. The van der Waals surface area contributed by atoms with Gasteiger partial charge in [0.2, 0.25) is 11.1 Å². The summed E-state index contributed by atoms with van der Waals surface area (Å²) in [7, 11) is 0. The number of aromatic nitrogens is 3. The van der Waals surface area contributed by atoms with Crippen LogP contribution in [0.5, 0.6) is 0 Å². The Morgan fingerprint density at radius 2 is 2.48 bits per heavy atom. The van der Waals surface area contributed by atoms with Gasteiger partial charge in [-0.1, -0.05) is 17.8 Å². The molecule has 114 valence electrons. The standard InChI is InChI=1S/C13H18N4O2S2/c1-2-19-7-4-6-14-11(18)9-21-13-15-12(16-17-13)10-5-3-8-20-10/h3,5,8H,2,4,6-7,9H2,1H3,(H,14,18)(H,15,16,17). The topological polar surface area (TPSA) is 79.9 Å². The summed E-state index contributed by atoms with van der Waals surface area (Å²) in [5.41, 5.74) is 0. The molecule has 0 atom stereocenters. The SMILES string of the molecule is CCOCCCNC(=O)CSc1n[nH]c(-c2cccs2)n1. The van der Waals surface area contributed by atoms with Gasteiger partial charge in [-0.3, -0.25) is 9.89 Å². The fourth-order valence-corrected chi connectivity index (χ4v) is 2.85. The highest BCUT2D eigenvalue weighted by Gasteiger charge is 2.09. The number of ether oxygens (including phenoxy) is 1. The van der Waals surface area contributed by atoms with Crippen molar-refractivity contribution in [2.75, 3.05) is 25.5 Å². The summed E-state index contributed by atoms with van der Waals surface area (Å²) in [6, 6.07) is 3.94. The molecule has 2 rings (SSSR count). The number of hydrogen-bond donors (Lipinski definition) is 2. The maximum atomic E-state index is 11.6. The third-order valence-corrected chi connectivity index (χ3v) is 4.27. The molecule has 6 nitrogen and oxygen atoms in total. The summed E-state index contributed by atoms with van der Waals surface area (Å²) in [4.78, 5) is 17.0. The summed E-state index contributed by atoms with van der Waals surface area (Å²) < 4.78 is 5.20. The van der Waals surface area contributed by atoms with Crippen molar-refractivity contribution >= 4 is 29.0 Å². The van der Waals surface area contributed by atoms with Crippen molar-refractivity contribution in [3.8, 4) is 10.7 Å². The number of H-pyrrole nitrogens is 1. The molecule has 0 fully saturated rings. The molecule has 0 aromatic carbocycles. The van der Waals surface area contributed by atoms with Crippen molar-refractivity contribution in [1.82, 2.24) is 20.5 Å². The Morgan fingerprint density at radius 3 is 3.24 bits per heavy atom. The number of rotatable bonds is 9. The molecule has 0 saturated heterocycles. The van der Waals surface area contributed by atoms with Crippen molar-refractivity contribution < 1.29 is 9.53 Å². The number of aromatic amines is 1. The summed E-state index contributed by atoms with van der Waals surface area (Å²) in [5.74, 6) is 1.04. The van der Waals surface area contributed by atoms with Crippen LogP contribution < -0.4 is 5.32 Å². The number of thioether (sulfide) groups is 1. The second kappa shape index (κ2) is 8.81. The second-order valence-corrected chi connectivity index (χ2v) is 6.02. The lowest BCUT2D eigenvalue weighted by Crippen LogP contribution is -2.26. The van der Waals surface area contributed by atoms with Gasteiger partial charge >= 0.3 is 0 Å². The first-order valence-corrected chi connectivity index (χ1v) is 8.59. The third kappa shape index (κ3) is 5.49. The normalized spacial score (nSPS) is 10.7. The maximum Gasteiger partial charge on any atom is 0.230 e. The minimum Gasteiger partial charge on any atom is -0.382 e. The van der Waals surface area contributed by atoms with E-state index >= 15 is 0 Å². The molecule has 1 amide bonds. The Balaban J connectivity index is 1.67. The van der Waals surface area contributed by atoms with E-state index in [0.717, 1.165) is 17.1 Å². The van der Waals surface area contributed by atoms with E-state index in [0.29, 0.717) is 30.7 Å². The molecule has 0 aliphatic carbocycles. The van der Waals surface area contributed by atoms with Crippen LogP contribution in [0.4, 0.5) is 0 Å². The molecular formula is C13H18N4O2S2. The zero-order valence-corrected chi connectivity index (χ0v) is 13.4. The van der Waals surface area contributed by atoms with Crippen LogP contribution in [0.2, 0.25) is 0 Å². The predicted octanol–water partition coefficient (Wildman–Crippen LogP) is 2.17. The van der Waals surface area contributed by atoms with Crippen molar-refractivity contribution in [3.63, 3.8) is 0 Å². The van der Waals surface area contributed by atoms with Crippen LogP contribution in [0, 0.1) is 0 Å². The highest BCUT2D eigenvalue weighted by Crippen LogP contribution is 2.22. The van der Waals surface area contributed by atoms with Crippen molar-refractivity contribution in [2.24, 2.45) is 0 Å². The minimum atomic E-state index is -0.0148. The Morgan fingerprint density at radius 1 is 1.57 bits per heavy atom. The van der Waals surface area contributed by atoms with Gasteiger partial charge < -0.3 is 10.1 Å². The van der Waals surface area contributed by atoms with Crippen molar-refractivity contribution in [3.05, 3.63) is 17.5 Å². The molecule has 0 radical (unpaired) electrons. The summed E-state index contributed by atoms with van der Waals surface area (Å²) in [5, 5.41) is 12.4. The zero-order valence-electron chi connectivity index (χ0n) is 11.8.